The molecule has 0 unspecified atom stereocenters. The number of nitrogens with two attached hydrogens (primary N) is 1. The smallest absolute Gasteiger partial charge is 0.212 e. The second kappa shape index (κ2) is 5.41. The Morgan fingerprint density at radius 1 is 1.26 bits per heavy atom. The number of ketones is 1. The number of nitrogens with zero attached hydrogens (tertiary/aromatic N) is 2. The van der Waals surface area contributed by atoms with Crippen LogP contribution in [0, 0.1) is 0 Å². The maximum absolute atomic E-state index is 12.4. The molecule has 1 heterocycles. The summed E-state index contributed by atoms with van der Waals surface area (Å²) in [7, 11) is 0. The Bertz CT molecular complexity index is 629. The lowest BCUT2D eigenvalue weighted by molar-refractivity contribution is 0.102. The summed E-state index contributed by atoms with van der Waals surface area (Å²) >= 11 is 17.8. The lowest BCUT2D eigenvalue weighted by Crippen LogP contribution is -2.11. The lowest BCUT2D eigenvalue weighted by atomic mass is 10.1. The van der Waals surface area contributed by atoms with E-state index in [1.54, 1.807) is 0 Å². The summed E-state index contributed by atoms with van der Waals surface area (Å²) in [6.45, 7) is 2.40. The summed E-state index contributed by atoms with van der Waals surface area (Å²) in [6, 6.07) is 2.93. The molecule has 0 bridgehead atoms. The van der Waals surface area contributed by atoms with E-state index >= 15 is 0 Å². The molecular weight excluding hydrogens is 309 g/mol. The van der Waals surface area contributed by atoms with Crippen LogP contribution in [0.2, 0.25) is 15.1 Å². The molecule has 0 aliphatic carbocycles. The Morgan fingerprint density at radius 3 is 2.37 bits per heavy atom. The molecule has 2 aromatic rings. The van der Waals surface area contributed by atoms with Gasteiger partial charge in [0.15, 0.2) is 0 Å². The van der Waals surface area contributed by atoms with Crippen LogP contribution >= 0.6 is 34.8 Å². The summed E-state index contributed by atoms with van der Waals surface area (Å²) in [6.07, 6.45) is 1.43. The molecule has 0 amide bonds. The molecule has 100 valence electrons. The Morgan fingerprint density at radius 2 is 1.84 bits per heavy atom. The minimum atomic E-state index is -0.298. The minimum Gasteiger partial charge on any atom is -0.396 e. The van der Waals surface area contributed by atoms with Crippen LogP contribution in [0.5, 0.6) is 0 Å². The monoisotopic (exact) mass is 317 g/mol. The largest absolute Gasteiger partial charge is 0.396 e. The average molecular weight is 319 g/mol. The van der Waals surface area contributed by atoms with E-state index in [1.165, 1.54) is 23.0 Å². The van der Waals surface area contributed by atoms with E-state index in [0.717, 1.165) is 0 Å². The van der Waals surface area contributed by atoms with Crippen molar-refractivity contribution in [1.29, 1.82) is 0 Å². The number of hydrogen-bond donors (Lipinski definition) is 1. The molecule has 1 aromatic carbocycles. The maximum atomic E-state index is 12.4. The van der Waals surface area contributed by atoms with Crippen LogP contribution in [0.3, 0.4) is 0 Å². The van der Waals surface area contributed by atoms with Gasteiger partial charge in [-0.15, -0.1) is 0 Å². The van der Waals surface area contributed by atoms with Crippen molar-refractivity contribution in [2.24, 2.45) is 0 Å². The molecule has 0 radical (unpaired) electrons. The third kappa shape index (κ3) is 2.56. The summed E-state index contributed by atoms with van der Waals surface area (Å²) in [5.41, 5.74) is 6.51. The van der Waals surface area contributed by atoms with E-state index < -0.39 is 0 Å². The third-order valence-electron chi connectivity index (χ3n) is 2.65. The zero-order valence-corrected chi connectivity index (χ0v) is 12.2. The van der Waals surface area contributed by atoms with Gasteiger partial charge in [0, 0.05) is 12.1 Å². The fourth-order valence-electron chi connectivity index (χ4n) is 1.68. The first-order valence-electron chi connectivity index (χ1n) is 5.46. The van der Waals surface area contributed by atoms with E-state index in [9.17, 15) is 4.79 Å². The summed E-state index contributed by atoms with van der Waals surface area (Å²) in [5, 5.41) is 4.77. The predicted molar refractivity (Wildman–Crippen MR) is 77.2 cm³/mol. The Hall–Kier alpha value is -1.23. The minimum absolute atomic E-state index is 0.231. The second-order valence-electron chi connectivity index (χ2n) is 3.84. The maximum Gasteiger partial charge on any atom is 0.212 e. The van der Waals surface area contributed by atoms with Crippen LogP contribution in [-0.4, -0.2) is 15.6 Å². The first kappa shape index (κ1) is 14.2. The molecule has 2 rings (SSSR count). The molecule has 19 heavy (non-hydrogen) atoms. The normalized spacial score (nSPS) is 10.7. The molecular formula is C12H10Cl3N3O. The zero-order chi connectivity index (χ0) is 14.2. The number of aromatic nitrogens is 2. The van der Waals surface area contributed by atoms with Crippen molar-refractivity contribution < 1.29 is 4.79 Å². The van der Waals surface area contributed by atoms with Crippen LogP contribution < -0.4 is 5.73 Å². The van der Waals surface area contributed by atoms with Crippen LogP contribution in [0.4, 0.5) is 5.69 Å². The van der Waals surface area contributed by atoms with Crippen molar-refractivity contribution in [1.82, 2.24) is 9.78 Å². The first-order chi connectivity index (χ1) is 8.95. The fourth-order valence-corrected chi connectivity index (χ4v) is 2.39. The molecule has 0 aliphatic rings. The molecule has 0 aliphatic heterocycles. The number of hydrogen-bond acceptors (Lipinski definition) is 3. The molecule has 2 N–H and O–H groups in total. The highest BCUT2D eigenvalue weighted by molar-refractivity contribution is 6.40. The van der Waals surface area contributed by atoms with Crippen LogP contribution in [0.15, 0.2) is 18.3 Å². The molecule has 0 saturated heterocycles. The van der Waals surface area contributed by atoms with E-state index in [4.69, 9.17) is 40.5 Å². The van der Waals surface area contributed by atoms with E-state index in [2.05, 4.69) is 5.10 Å². The highest BCUT2D eigenvalue weighted by Gasteiger charge is 2.20. The number of benzene rings is 1. The van der Waals surface area contributed by atoms with Gasteiger partial charge in [-0.05, 0) is 19.1 Å². The van der Waals surface area contributed by atoms with Gasteiger partial charge < -0.3 is 5.73 Å². The standard InChI is InChI=1S/C12H10Cl3N3O/c1-2-18-11(9(15)5-17-18)12(19)6-3-7(13)10(16)8(14)4-6/h3-5H,2,16H2,1H3. The molecule has 0 saturated carbocycles. The van der Waals surface area contributed by atoms with Crippen LogP contribution in [0.25, 0.3) is 0 Å². The summed E-state index contributed by atoms with van der Waals surface area (Å²) in [5.74, 6) is -0.298. The van der Waals surface area contributed by atoms with Crippen molar-refractivity contribution in [2.45, 2.75) is 13.5 Å². The topological polar surface area (TPSA) is 60.9 Å². The Balaban J connectivity index is 2.53. The van der Waals surface area contributed by atoms with E-state index in [0.29, 0.717) is 17.8 Å². The van der Waals surface area contributed by atoms with E-state index in [1.807, 2.05) is 6.92 Å². The van der Waals surface area contributed by atoms with Gasteiger partial charge in [0.1, 0.15) is 5.69 Å². The van der Waals surface area contributed by atoms with Crippen molar-refractivity contribution in [3.8, 4) is 0 Å². The van der Waals surface area contributed by atoms with Crippen LogP contribution in [-0.2, 0) is 6.54 Å². The highest BCUT2D eigenvalue weighted by atomic mass is 35.5. The van der Waals surface area contributed by atoms with Crippen molar-refractivity contribution in [3.63, 3.8) is 0 Å². The lowest BCUT2D eigenvalue weighted by Gasteiger charge is -2.07. The molecule has 0 fully saturated rings. The van der Waals surface area contributed by atoms with Gasteiger partial charge in [-0.3, -0.25) is 9.48 Å². The molecule has 1 aromatic heterocycles. The zero-order valence-electron chi connectivity index (χ0n) is 9.95. The van der Waals surface area contributed by atoms with E-state index in [-0.39, 0.29) is 26.5 Å². The van der Waals surface area contributed by atoms with Crippen molar-refractivity contribution in [3.05, 3.63) is 44.7 Å². The van der Waals surface area contributed by atoms with Crippen LogP contribution in [0.1, 0.15) is 23.0 Å². The molecule has 0 spiro atoms. The number of aryl methyl sites for hydroxylation is 1. The summed E-state index contributed by atoms with van der Waals surface area (Å²) < 4.78 is 1.52. The number of nitrogen functional groups attached to an aromatic ring is 1. The van der Waals surface area contributed by atoms with Gasteiger partial charge in [-0.25, -0.2) is 0 Å². The van der Waals surface area contributed by atoms with Gasteiger partial charge in [0.05, 0.1) is 27.0 Å². The Labute approximate surface area is 125 Å². The molecule has 0 atom stereocenters. The fraction of sp³-hybridized carbons (Fsp3) is 0.167. The Kier molecular flexibility index (Phi) is 4.04. The second-order valence-corrected chi connectivity index (χ2v) is 5.06. The molecule has 7 heteroatoms. The predicted octanol–water partition coefficient (Wildman–Crippen LogP) is 3.68. The number of rotatable bonds is 3. The number of anilines is 1. The van der Waals surface area contributed by atoms with Crippen molar-refractivity contribution in [2.75, 3.05) is 5.73 Å². The van der Waals surface area contributed by atoms with Gasteiger partial charge >= 0.3 is 0 Å². The number of carbonyl (C=O) groups excluding carboxylic acids is 1. The first-order valence-corrected chi connectivity index (χ1v) is 6.59. The quantitative estimate of drug-likeness (QED) is 0.693. The van der Waals surface area contributed by atoms with Gasteiger partial charge in [-0.1, -0.05) is 34.8 Å². The number of carbonyl (C=O) groups is 1. The number of halogens is 3. The van der Waals surface area contributed by atoms with Gasteiger partial charge in [0.2, 0.25) is 5.78 Å². The third-order valence-corrected chi connectivity index (χ3v) is 3.55. The molecule has 4 nitrogen and oxygen atoms in total. The van der Waals surface area contributed by atoms with Crippen molar-refractivity contribution >= 4 is 46.3 Å². The highest BCUT2D eigenvalue weighted by Crippen LogP contribution is 2.30. The average Bonchev–Trinajstić information content (AvgIpc) is 2.75. The van der Waals surface area contributed by atoms with Gasteiger partial charge in [-0.2, -0.15) is 5.10 Å². The van der Waals surface area contributed by atoms with Gasteiger partial charge in [0.25, 0.3) is 0 Å². The SMILES string of the molecule is CCn1ncc(Cl)c1C(=O)c1cc(Cl)c(N)c(Cl)c1. The summed E-state index contributed by atoms with van der Waals surface area (Å²) in [4.78, 5) is 12.4.